The van der Waals surface area contributed by atoms with Crippen LogP contribution in [0.5, 0.6) is 5.75 Å². The van der Waals surface area contributed by atoms with E-state index in [-0.39, 0.29) is 11.4 Å². The van der Waals surface area contributed by atoms with E-state index in [1.54, 1.807) is 42.5 Å². The van der Waals surface area contributed by atoms with Crippen LogP contribution in [0.25, 0.3) is 33.5 Å². The summed E-state index contributed by atoms with van der Waals surface area (Å²) in [5, 5.41) is 14.7. The number of furan rings is 1. The Morgan fingerprint density at radius 2 is 1.91 bits per heavy atom. The van der Waals surface area contributed by atoms with Crippen molar-refractivity contribution in [1.29, 1.82) is 0 Å². The molecule has 0 spiro atoms. The molecule has 0 amide bonds. The van der Waals surface area contributed by atoms with Gasteiger partial charge in [0.1, 0.15) is 11.3 Å². The van der Waals surface area contributed by atoms with Crippen LogP contribution in [0, 0.1) is 0 Å². The van der Waals surface area contributed by atoms with Crippen LogP contribution < -0.4 is 10.3 Å². The number of ether oxygens (including phenoxy) is 1. The Morgan fingerprint density at radius 1 is 1.14 bits per heavy atom. The van der Waals surface area contributed by atoms with Gasteiger partial charge < -0.3 is 14.3 Å². The quantitative estimate of drug-likeness (QED) is 0.297. The maximum Gasteiger partial charge on any atom is 0.344 e. The number of para-hydroxylation sites is 1. The van der Waals surface area contributed by atoms with E-state index in [0.717, 1.165) is 9.86 Å². The number of benzene rings is 3. The van der Waals surface area contributed by atoms with Crippen LogP contribution in [-0.4, -0.2) is 33.1 Å². The van der Waals surface area contributed by atoms with Gasteiger partial charge in [0.2, 0.25) is 5.82 Å². The number of hydrogen-bond donors (Lipinski definition) is 1. The second-order valence-electron chi connectivity index (χ2n) is 7.77. The Morgan fingerprint density at radius 3 is 2.69 bits per heavy atom. The highest BCUT2D eigenvalue weighted by atomic mass is 79.9. The van der Waals surface area contributed by atoms with Gasteiger partial charge in [0.15, 0.2) is 11.9 Å². The van der Waals surface area contributed by atoms with Crippen molar-refractivity contribution in [2.75, 3.05) is 0 Å². The highest BCUT2D eigenvalue weighted by Crippen LogP contribution is 2.29. The fourth-order valence-corrected chi connectivity index (χ4v) is 3.90. The first-order valence-corrected chi connectivity index (χ1v) is 11.4. The van der Waals surface area contributed by atoms with Crippen LogP contribution in [0.1, 0.15) is 12.5 Å². The second kappa shape index (κ2) is 9.19. The fraction of sp³-hybridized carbons (Fsp3) is 0.0769. The lowest BCUT2D eigenvalue weighted by molar-refractivity contribution is -0.144. The number of carboxylic acids is 1. The molecule has 2 aromatic heterocycles. The summed E-state index contributed by atoms with van der Waals surface area (Å²) in [7, 11) is 0. The van der Waals surface area contributed by atoms with Crippen LogP contribution in [0.2, 0.25) is 0 Å². The molecule has 0 unspecified atom stereocenters. The standard InChI is InChI=1S/C26H18BrN3O5/c1-15(26(32)33)34-19-9-6-16(7-10-19)14-28-30-24(29-21-5-3-2-4-20(21)25(30)31)23-13-17-12-18(27)8-11-22(17)35-23/h2-15H,1H3,(H,32,33)/t15-/m1/s1. The van der Waals surface area contributed by atoms with E-state index in [9.17, 15) is 9.59 Å². The molecule has 2 heterocycles. The zero-order chi connectivity index (χ0) is 24.5. The van der Waals surface area contributed by atoms with E-state index < -0.39 is 12.1 Å². The zero-order valence-electron chi connectivity index (χ0n) is 18.4. The van der Waals surface area contributed by atoms with Crippen molar-refractivity contribution in [2.45, 2.75) is 13.0 Å². The smallest absolute Gasteiger partial charge is 0.344 e. The Labute approximate surface area is 207 Å². The summed E-state index contributed by atoms with van der Waals surface area (Å²) in [5.74, 6) is 0.0389. The van der Waals surface area contributed by atoms with Crippen molar-refractivity contribution >= 4 is 50.0 Å². The highest BCUT2D eigenvalue weighted by molar-refractivity contribution is 9.10. The molecule has 0 radical (unpaired) electrons. The molecule has 3 aromatic carbocycles. The van der Waals surface area contributed by atoms with Crippen LogP contribution >= 0.6 is 15.9 Å². The van der Waals surface area contributed by atoms with E-state index in [4.69, 9.17) is 14.3 Å². The van der Waals surface area contributed by atoms with Gasteiger partial charge in [0, 0.05) is 9.86 Å². The zero-order valence-corrected chi connectivity index (χ0v) is 20.0. The van der Waals surface area contributed by atoms with Gasteiger partial charge in [-0.15, -0.1) is 0 Å². The Hall–Kier alpha value is -4.24. The first-order valence-electron chi connectivity index (χ1n) is 10.6. The molecule has 0 aliphatic heterocycles. The predicted molar refractivity (Wildman–Crippen MR) is 136 cm³/mol. The Kier molecular flexibility index (Phi) is 5.92. The number of hydrogen-bond acceptors (Lipinski definition) is 6. The van der Waals surface area contributed by atoms with Crippen molar-refractivity contribution in [1.82, 2.24) is 9.66 Å². The molecule has 5 aromatic rings. The van der Waals surface area contributed by atoms with Crippen LogP contribution in [-0.2, 0) is 4.79 Å². The molecule has 0 saturated heterocycles. The van der Waals surface area contributed by atoms with E-state index in [1.807, 2.05) is 30.3 Å². The number of halogens is 1. The molecule has 1 atom stereocenters. The number of fused-ring (bicyclic) bond motifs is 2. The molecule has 0 aliphatic rings. The van der Waals surface area contributed by atoms with Gasteiger partial charge in [-0.05, 0) is 73.2 Å². The van der Waals surface area contributed by atoms with Gasteiger partial charge in [0.05, 0.1) is 17.1 Å². The fourth-order valence-electron chi connectivity index (χ4n) is 3.53. The van der Waals surface area contributed by atoms with Crippen LogP contribution in [0.15, 0.2) is 91.6 Å². The Bertz CT molecular complexity index is 1650. The SMILES string of the molecule is C[C@@H](Oc1ccc(C=Nn2c(-c3cc4cc(Br)ccc4o3)nc3ccccc3c2=O)cc1)C(=O)O. The van der Waals surface area contributed by atoms with Gasteiger partial charge in [-0.2, -0.15) is 9.78 Å². The van der Waals surface area contributed by atoms with Gasteiger partial charge in [-0.1, -0.05) is 28.1 Å². The molecule has 0 bridgehead atoms. The average molecular weight is 532 g/mol. The van der Waals surface area contributed by atoms with Gasteiger partial charge >= 0.3 is 5.97 Å². The van der Waals surface area contributed by atoms with E-state index in [1.165, 1.54) is 17.8 Å². The van der Waals surface area contributed by atoms with Crippen molar-refractivity contribution in [3.63, 3.8) is 0 Å². The molecule has 0 aliphatic carbocycles. The molecule has 5 rings (SSSR count). The lowest BCUT2D eigenvalue weighted by Crippen LogP contribution is -2.22. The summed E-state index contributed by atoms with van der Waals surface area (Å²) < 4.78 is 13.5. The number of aromatic nitrogens is 2. The van der Waals surface area contributed by atoms with Gasteiger partial charge in [-0.25, -0.2) is 9.78 Å². The largest absolute Gasteiger partial charge is 0.479 e. The summed E-state index contributed by atoms with van der Waals surface area (Å²) in [5.41, 5.74) is 1.54. The lowest BCUT2D eigenvalue weighted by Gasteiger charge is -2.10. The van der Waals surface area contributed by atoms with Crippen molar-refractivity contribution in [3.8, 4) is 17.3 Å². The summed E-state index contributed by atoms with van der Waals surface area (Å²) in [6.45, 7) is 1.45. The number of carboxylic acid groups (broad SMARTS) is 1. The minimum atomic E-state index is -1.05. The number of rotatable bonds is 6. The normalized spacial score (nSPS) is 12.4. The van der Waals surface area contributed by atoms with Crippen LogP contribution in [0.3, 0.4) is 0 Å². The first kappa shape index (κ1) is 22.5. The molecule has 0 fully saturated rings. The highest BCUT2D eigenvalue weighted by Gasteiger charge is 2.17. The van der Waals surface area contributed by atoms with Gasteiger partial charge in [-0.3, -0.25) is 4.79 Å². The number of aliphatic carboxylic acids is 1. The molecule has 1 N–H and O–H groups in total. The maximum absolute atomic E-state index is 13.3. The molecule has 8 nitrogen and oxygen atoms in total. The van der Waals surface area contributed by atoms with E-state index in [2.05, 4.69) is 26.0 Å². The van der Waals surface area contributed by atoms with Crippen molar-refractivity contribution < 1.29 is 19.1 Å². The second-order valence-corrected chi connectivity index (χ2v) is 8.69. The first-order chi connectivity index (χ1) is 16.9. The minimum absolute atomic E-state index is 0.271. The molecule has 35 heavy (non-hydrogen) atoms. The number of nitrogens with zero attached hydrogens (tertiary/aromatic N) is 3. The number of carbonyl (C=O) groups is 1. The van der Waals surface area contributed by atoms with Crippen molar-refractivity contribution in [3.05, 3.63) is 93.2 Å². The predicted octanol–water partition coefficient (Wildman–Crippen LogP) is 5.31. The molecule has 174 valence electrons. The maximum atomic E-state index is 13.3. The van der Waals surface area contributed by atoms with E-state index in [0.29, 0.717) is 33.6 Å². The molecule has 0 saturated carbocycles. The third-order valence-corrected chi connectivity index (χ3v) is 5.81. The Balaban J connectivity index is 1.57. The minimum Gasteiger partial charge on any atom is -0.479 e. The monoisotopic (exact) mass is 531 g/mol. The molecule has 9 heteroatoms. The lowest BCUT2D eigenvalue weighted by atomic mass is 10.2. The molecular weight excluding hydrogens is 514 g/mol. The van der Waals surface area contributed by atoms with Gasteiger partial charge in [0.25, 0.3) is 5.56 Å². The third kappa shape index (κ3) is 4.58. The summed E-state index contributed by atoms with van der Waals surface area (Å²) >= 11 is 3.46. The summed E-state index contributed by atoms with van der Waals surface area (Å²) in [6, 6.07) is 21.2. The average Bonchev–Trinajstić information content (AvgIpc) is 3.27. The third-order valence-electron chi connectivity index (χ3n) is 5.32. The van der Waals surface area contributed by atoms with Crippen LogP contribution in [0.4, 0.5) is 0 Å². The molecular formula is C26H18BrN3O5. The topological polar surface area (TPSA) is 107 Å². The summed E-state index contributed by atoms with van der Waals surface area (Å²) in [4.78, 5) is 29.0. The van der Waals surface area contributed by atoms with E-state index >= 15 is 0 Å². The summed E-state index contributed by atoms with van der Waals surface area (Å²) in [6.07, 6.45) is 0.550. The van der Waals surface area contributed by atoms with Crippen molar-refractivity contribution in [2.24, 2.45) is 5.10 Å².